The van der Waals surface area contributed by atoms with Crippen LogP contribution in [0.1, 0.15) is 32.1 Å². The normalized spacial score (nSPS) is 18.1. The molecule has 3 rings (SSSR count). The fraction of sp³-hybridized carbons (Fsp3) is 0.438. The highest BCUT2D eigenvalue weighted by Crippen LogP contribution is 2.33. The van der Waals surface area contributed by atoms with Crippen molar-refractivity contribution in [2.45, 2.75) is 37.6 Å². The van der Waals surface area contributed by atoms with Gasteiger partial charge in [0.2, 0.25) is 0 Å². The van der Waals surface area contributed by atoms with Crippen molar-refractivity contribution >= 4 is 16.6 Å². The Morgan fingerprint density at radius 2 is 2.00 bits per heavy atom. The van der Waals surface area contributed by atoms with Crippen molar-refractivity contribution in [2.75, 3.05) is 11.9 Å². The van der Waals surface area contributed by atoms with Crippen molar-refractivity contribution in [1.29, 1.82) is 0 Å². The number of aromatic nitrogens is 1. The zero-order valence-corrected chi connectivity index (χ0v) is 11.6. The highest BCUT2D eigenvalue weighted by molar-refractivity contribution is 5.92. The zero-order valence-electron chi connectivity index (χ0n) is 11.6. The zero-order chi connectivity index (χ0) is 14.0. The van der Waals surface area contributed by atoms with Crippen LogP contribution in [0.2, 0.25) is 0 Å². The van der Waals surface area contributed by atoms with E-state index >= 15 is 0 Å². The highest BCUT2D eigenvalue weighted by atomic mass is 16.3. The SMILES string of the molecule is NCC1(Nc2nccc3ccc(O)cc23)CCCCC1. The number of pyridine rings is 1. The molecule has 1 aromatic heterocycles. The largest absolute Gasteiger partial charge is 0.508 e. The van der Waals surface area contributed by atoms with Crippen LogP contribution in [0.3, 0.4) is 0 Å². The van der Waals surface area contributed by atoms with Gasteiger partial charge in [0.1, 0.15) is 11.6 Å². The predicted molar refractivity (Wildman–Crippen MR) is 81.9 cm³/mol. The minimum absolute atomic E-state index is 0.0506. The number of hydrogen-bond acceptors (Lipinski definition) is 4. The van der Waals surface area contributed by atoms with Gasteiger partial charge in [-0.1, -0.05) is 25.3 Å². The molecule has 1 saturated carbocycles. The second-order valence-electron chi connectivity index (χ2n) is 5.74. The van der Waals surface area contributed by atoms with Crippen LogP contribution < -0.4 is 11.1 Å². The quantitative estimate of drug-likeness (QED) is 0.802. The van der Waals surface area contributed by atoms with Crippen LogP contribution in [0.15, 0.2) is 30.5 Å². The molecule has 4 nitrogen and oxygen atoms in total. The van der Waals surface area contributed by atoms with Gasteiger partial charge in [0, 0.05) is 18.1 Å². The van der Waals surface area contributed by atoms with E-state index in [1.54, 1.807) is 18.3 Å². The summed E-state index contributed by atoms with van der Waals surface area (Å²) in [6.45, 7) is 0.615. The van der Waals surface area contributed by atoms with Crippen LogP contribution >= 0.6 is 0 Å². The minimum atomic E-state index is -0.0506. The van der Waals surface area contributed by atoms with E-state index in [1.807, 2.05) is 12.1 Å². The Hall–Kier alpha value is -1.81. The molecule has 0 saturated heterocycles. The van der Waals surface area contributed by atoms with E-state index in [1.165, 1.54) is 19.3 Å². The summed E-state index contributed by atoms with van der Waals surface area (Å²) in [5.41, 5.74) is 5.97. The first kappa shape index (κ1) is 13.2. The first-order valence-corrected chi connectivity index (χ1v) is 7.28. The Morgan fingerprint density at radius 1 is 1.20 bits per heavy atom. The van der Waals surface area contributed by atoms with E-state index in [0.717, 1.165) is 29.4 Å². The first-order chi connectivity index (χ1) is 9.72. The van der Waals surface area contributed by atoms with Crippen LogP contribution in [0.5, 0.6) is 5.75 Å². The lowest BCUT2D eigenvalue weighted by Gasteiger charge is -2.37. The molecular weight excluding hydrogens is 250 g/mol. The van der Waals surface area contributed by atoms with Gasteiger partial charge in [-0.3, -0.25) is 0 Å². The van der Waals surface area contributed by atoms with Gasteiger partial charge in [-0.15, -0.1) is 0 Å². The Bertz CT molecular complexity index is 606. The summed E-state index contributed by atoms with van der Waals surface area (Å²) in [5.74, 6) is 1.09. The van der Waals surface area contributed by atoms with E-state index in [-0.39, 0.29) is 11.3 Å². The molecule has 20 heavy (non-hydrogen) atoms. The molecule has 0 radical (unpaired) electrons. The third-order valence-electron chi connectivity index (χ3n) is 4.33. The number of anilines is 1. The molecule has 1 aliphatic rings. The van der Waals surface area contributed by atoms with Crippen LogP contribution in [-0.2, 0) is 0 Å². The van der Waals surface area contributed by atoms with E-state index in [4.69, 9.17) is 5.73 Å². The summed E-state index contributed by atoms with van der Waals surface area (Å²) in [7, 11) is 0. The number of hydrogen-bond donors (Lipinski definition) is 3. The van der Waals surface area contributed by atoms with Crippen LogP contribution in [0.4, 0.5) is 5.82 Å². The molecule has 0 amide bonds. The van der Waals surface area contributed by atoms with Gasteiger partial charge in [0.05, 0.1) is 5.54 Å². The maximum Gasteiger partial charge on any atom is 0.134 e. The Kier molecular flexibility index (Phi) is 3.49. The van der Waals surface area contributed by atoms with E-state index < -0.39 is 0 Å². The summed E-state index contributed by atoms with van der Waals surface area (Å²) in [6.07, 6.45) is 7.67. The molecule has 1 heterocycles. The molecule has 2 aromatic rings. The smallest absolute Gasteiger partial charge is 0.134 e. The molecule has 1 fully saturated rings. The second kappa shape index (κ2) is 5.29. The topological polar surface area (TPSA) is 71.2 Å². The standard InChI is InChI=1S/C16H21N3O/c17-11-16(7-2-1-3-8-16)19-15-14-10-13(20)5-4-12(14)6-9-18-15/h4-6,9-10,20H,1-3,7-8,11,17H2,(H,18,19). The van der Waals surface area contributed by atoms with Crippen LogP contribution in [-0.4, -0.2) is 22.2 Å². The second-order valence-corrected chi connectivity index (χ2v) is 5.74. The van der Waals surface area contributed by atoms with Crippen LogP contribution in [0.25, 0.3) is 10.8 Å². The Labute approximate surface area is 119 Å². The molecule has 4 N–H and O–H groups in total. The number of fused-ring (bicyclic) bond motifs is 1. The number of phenolic OH excluding ortho intramolecular Hbond substituents is 1. The monoisotopic (exact) mass is 271 g/mol. The van der Waals surface area contributed by atoms with E-state index in [9.17, 15) is 5.11 Å². The first-order valence-electron chi connectivity index (χ1n) is 7.28. The lowest BCUT2D eigenvalue weighted by molar-refractivity contribution is 0.330. The summed E-state index contributed by atoms with van der Waals surface area (Å²) < 4.78 is 0. The number of benzene rings is 1. The summed E-state index contributed by atoms with van der Waals surface area (Å²) >= 11 is 0. The van der Waals surface area contributed by atoms with Crippen molar-refractivity contribution in [3.63, 3.8) is 0 Å². The lowest BCUT2D eigenvalue weighted by Crippen LogP contribution is -2.47. The number of nitrogens with zero attached hydrogens (tertiary/aromatic N) is 1. The third kappa shape index (κ3) is 2.43. The van der Waals surface area contributed by atoms with Crippen molar-refractivity contribution in [3.8, 4) is 5.75 Å². The Balaban J connectivity index is 1.99. The van der Waals surface area contributed by atoms with E-state index in [2.05, 4.69) is 10.3 Å². The van der Waals surface area contributed by atoms with Gasteiger partial charge in [0.15, 0.2) is 0 Å². The Morgan fingerprint density at radius 3 is 2.75 bits per heavy atom. The molecule has 1 aromatic carbocycles. The maximum atomic E-state index is 9.70. The number of nitrogens with one attached hydrogen (secondary N) is 1. The average Bonchev–Trinajstić information content (AvgIpc) is 2.49. The average molecular weight is 271 g/mol. The summed E-state index contributed by atoms with van der Waals surface area (Å²) in [4.78, 5) is 4.46. The number of phenols is 1. The van der Waals surface area contributed by atoms with E-state index in [0.29, 0.717) is 6.54 Å². The van der Waals surface area contributed by atoms with Gasteiger partial charge in [-0.05, 0) is 36.4 Å². The lowest BCUT2D eigenvalue weighted by atomic mass is 9.81. The van der Waals surface area contributed by atoms with Crippen molar-refractivity contribution in [1.82, 2.24) is 4.98 Å². The molecule has 0 unspecified atom stereocenters. The number of nitrogens with two attached hydrogens (primary N) is 1. The fourth-order valence-corrected chi connectivity index (χ4v) is 3.12. The van der Waals surface area contributed by atoms with Gasteiger partial charge in [-0.2, -0.15) is 0 Å². The van der Waals surface area contributed by atoms with Gasteiger partial charge < -0.3 is 16.2 Å². The van der Waals surface area contributed by atoms with Crippen molar-refractivity contribution < 1.29 is 5.11 Å². The highest BCUT2D eigenvalue weighted by Gasteiger charge is 2.31. The maximum absolute atomic E-state index is 9.70. The summed E-state index contributed by atoms with van der Waals surface area (Å²) in [5, 5.41) is 15.3. The molecule has 0 bridgehead atoms. The molecule has 0 spiro atoms. The van der Waals surface area contributed by atoms with Gasteiger partial charge >= 0.3 is 0 Å². The molecule has 106 valence electrons. The minimum Gasteiger partial charge on any atom is -0.508 e. The number of aromatic hydroxyl groups is 1. The molecule has 0 aliphatic heterocycles. The molecule has 4 heteroatoms. The molecule has 1 aliphatic carbocycles. The van der Waals surface area contributed by atoms with Gasteiger partial charge in [-0.25, -0.2) is 4.98 Å². The van der Waals surface area contributed by atoms with Crippen molar-refractivity contribution in [3.05, 3.63) is 30.5 Å². The third-order valence-corrected chi connectivity index (χ3v) is 4.33. The number of rotatable bonds is 3. The predicted octanol–water partition coefficient (Wildman–Crippen LogP) is 3.01. The van der Waals surface area contributed by atoms with Crippen LogP contribution in [0, 0.1) is 0 Å². The molecule has 0 atom stereocenters. The summed E-state index contributed by atoms with van der Waals surface area (Å²) in [6, 6.07) is 7.33. The fourth-order valence-electron chi connectivity index (χ4n) is 3.12. The van der Waals surface area contributed by atoms with Crippen molar-refractivity contribution in [2.24, 2.45) is 5.73 Å². The van der Waals surface area contributed by atoms with Gasteiger partial charge in [0.25, 0.3) is 0 Å². The molecular formula is C16H21N3O.